The van der Waals surface area contributed by atoms with Crippen LogP contribution in [0.3, 0.4) is 0 Å². The Kier molecular flexibility index (Phi) is 6.01. The largest absolute Gasteiger partial charge is 0.493 e. The minimum absolute atomic E-state index is 0.168. The number of nitrogens with zero attached hydrogens (tertiary/aromatic N) is 2. The van der Waals surface area contributed by atoms with Crippen LogP contribution in [0.2, 0.25) is 0 Å². The fourth-order valence-corrected chi connectivity index (χ4v) is 2.87. The maximum absolute atomic E-state index is 12.1. The van der Waals surface area contributed by atoms with Crippen molar-refractivity contribution in [1.82, 2.24) is 15.2 Å². The third-order valence-electron chi connectivity index (χ3n) is 4.62. The Bertz CT molecular complexity index is 783. The summed E-state index contributed by atoms with van der Waals surface area (Å²) >= 11 is 0. The van der Waals surface area contributed by atoms with E-state index in [4.69, 9.17) is 13.9 Å². The Labute approximate surface area is 159 Å². The van der Waals surface area contributed by atoms with Crippen LogP contribution in [-0.2, 0) is 13.1 Å². The number of carbonyl (C=O) groups excluding carboxylic acids is 1. The van der Waals surface area contributed by atoms with E-state index in [1.807, 2.05) is 18.2 Å². The van der Waals surface area contributed by atoms with E-state index >= 15 is 0 Å². The highest BCUT2D eigenvalue weighted by Crippen LogP contribution is 2.32. The van der Waals surface area contributed by atoms with Crippen LogP contribution >= 0.6 is 0 Å². The van der Waals surface area contributed by atoms with Crippen molar-refractivity contribution in [3.8, 4) is 11.5 Å². The van der Waals surface area contributed by atoms with Gasteiger partial charge >= 0.3 is 0 Å². The van der Waals surface area contributed by atoms with Gasteiger partial charge in [0.2, 0.25) is 5.89 Å². The number of hydrogen-bond donors (Lipinski definition) is 1. The number of amides is 1. The summed E-state index contributed by atoms with van der Waals surface area (Å²) < 4.78 is 16.5. The lowest BCUT2D eigenvalue weighted by Crippen LogP contribution is -2.30. The monoisotopic (exact) mass is 373 g/mol. The van der Waals surface area contributed by atoms with Gasteiger partial charge in [0.05, 0.1) is 20.8 Å². The van der Waals surface area contributed by atoms with Gasteiger partial charge in [0.1, 0.15) is 6.26 Å². The quantitative estimate of drug-likeness (QED) is 0.728. The zero-order chi connectivity index (χ0) is 19.4. The third-order valence-corrected chi connectivity index (χ3v) is 4.62. The molecule has 1 fully saturated rings. The molecule has 1 aliphatic rings. The molecule has 2 aromatic rings. The third kappa shape index (κ3) is 4.80. The summed E-state index contributed by atoms with van der Waals surface area (Å²) in [5, 5.41) is 2.92. The Hall–Kier alpha value is -2.54. The molecule has 1 heterocycles. The molecule has 0 unspecified atom stereocenters. The Balaban J connectivity index is 1.71. The van der Waals surface area contributed by atoms with Crippen molar-refractivity contribution < 1.29 is 18.7 Å². The number of methoxy groups -OCH3 is 2. The molecule has 27 heavy (non-hydrogen) atoms. The van der Waals surface area contributed by atoms with E-state index in [2.05, 4.69) is 29.0 Å². The van der Waals surface area contributed by atoms with E-state index < -0.39 is 0 Å². The van der Waals surface area contributed by atoms with Gasteiger partial charge in [-0.2, -0.15) is 0 Å². The topological polar surface area (TPSA) is 76.8 Å². The van der Waals surface area contributed by atoms with Crippen LogP contribution in [0.5, 0.6) is 11.5 Å². The molecule has 7 heteroatoms. The SMILES string of the molecule is COc1cccc(CN(Cc2nc(C(=O)NC3CC3)co2)C(C)C)c1OC. The van der Waals surface area contributed by atoms with E-state index in [1.165, 1.54) is 6.26 Å². The Morgan fingerprint density at radius 1 is 1.30 bits per heavy atom. The second-order valence-electron chi connectivity index (χ2n) is 7.03. The van der Waals surface area contributed by atoms with E-state index in [-0.39, 0.29) is 11.9 Å². The predicted octanol–water partition coefficient (Wildman–Crippen LogP) is 2.99. The molecule has 0 spiro atoms. The van der Waals surface area contributed by atoms with Crippen molar-refractivity contribution in [3.63, 3.8) is 0 Å². The summed E-state index contributed by atoms with van der Waals surface area (Å²) in [6, 6.07) is 6.38. The molecule has 1 N–H and O–H groups in total. The fraction of sp³-hybridized carbons (Fsp3) is 0.500. The van der Waals surface area contributed by atoms with Crippen LogP contribution in [0.1, 0.15) is 48.6 Å². The summed E-state index contributed by atoms with van der Waals surface area (Å²) in [6.45, 7) is 5.35. The molecule has 1 saturated carbocycles. The van der Waals surface area contributed by atoms with Crippen LogP contribution < -0.4 is 14.8 Å². The average molecular weight is 373 g/mol. The molecule has 1 aliphatic carbocycles. The lowest BCUT2D eigenvalue weighted by molar-refractivity contribution is 0.0946. The number of nitrogens with one attached hydrogen (secondary N) is 1. The first-order valence-corrected chi connectivity index (χ1v) is 9.21. The molecule has 7 nitrogen and oxygen atoms in total. The number of carbonyl (C=O) groups is 1. The molecular formula is C20H27N3O4. The number of aromatic nitrogens is 1. The Morgan fingerprint density at radius 3 is 2.70 bits per heavy atom. The minimum Gasteiger partial charge on any atom is -0.493 e. The summed E-state index contributed by atoms with van der Waals surface area (Å²) in [5.74, 6) is 1.78. The summed E-state index contributed by atoms with van der Waals surface area (Å²) in [7, 11) is 3.27. The number of ether oxygens (including phenoxy) is 2. The highest BCUT2D eigenvalue weighted by Gasteiger charge is 2.25. The van der Waals surface area contributed by atoms with Crippen LogP contribution in [-0.4, -0.2) is 42.1 Å². The van der Waals surface area contributed by atoms with Gasteiger partial charge in [-0.25, -0.2) is 4.98 Å². The molecule has 1 aromatic heterocycles. The highest BCUT2D eigenvalue weighted by molar-refractivity contribution is 5.92. The second-order valence-corrected chi connectivity index (χ2v) is 7.03. The lowest BCUT2D eigenvalue weighted by atomic mass is 10.1. The van der Waals surface area contributed by atoms with Crippen LogP contribution in [0, 0.1) is 0 Å². The zero-order valence-corrected chi connectivity index (χ0v) is 16.3. The van der Waals surface area contributed by atoms with Crippen LogP contribution in [0.25, 0.3) is 0 Å². The van der Waals surface area contributed by atoms with Crippen molar-refractivity contribution in [2.75, 3.05) is 14.2 Å². The first-order valence-electron chi connectivity index (χ1n) is 9.21. The molecule has 0 saturated heterocycles. The summed E-state index contributed by atoms with van der Waals surface area (Å²) in [6.07, 6.45) is 3.51. The number of benzene rings is 1. The Morgan fingerprint density at radius 2 is 2.07 bits per heavy atom. The van der Waals surface area contributed by atoms with Crippen LogP contribution in [0.4, 0.5) is 0 Å². The van der Waals surface area contributed by atoms with E-state index in [1.54, 1.807) is 14.2 Å². The number of para-hydroxylation sites is 1. The number of hydrogen-bond acceptors (Lipinski definition) is 6. The molecule has 0 aliphatic heterocycles. The van der Waals surface area contributed by atoms with Gasteiger partial charge in [-0.05, 0) is 32.8 Å². The molecule has 1 aromatic carbocycles. The first kappa shape index (κ1) is 19.2. The standard InChI is InChI=1S/C20H27N3O4/c1-13(2)23(10-14-6-5-7-17(25-3)19(14)26-4)11-18-22-16(12-27-18)20(24)21-15-8-9-15/h5-7,12-13,15H,8-11H2,1-4H3,(H,21,24). The molecular weight excluding hydrogens is 346 g/mol. The number of rotatable bonds is 9. The maximum Gasteiger partial charge on any atom is 0.273 e. The molecule has 0 bridgehead atoms. The smallest absolute Gasteiger partial charge is 0.273 e. The van der Waals surface area contributed by atoms with Crippen molar-refractivity contribution >= 4 is 5.91 Å². The molecule has 3 rings (SSSR count). The fourth-order valence-electron chi connectivity index (χ4n) is 2.87. The van der Waals surface area contributed by atoms with Gasteiger partial charge in [0, 0.05) is 24.2 Å². The van der Waals surface area contributed by atoms with E-state index in [0.717, 1.165) is 24.2 Å². The lowest BCUT2D eigenvalue weighted by Gasteiger charge is -2.26. The van der Waals surface area contributed by atoms with Gasteiger partial charge in [-0.15, -0.1) is 0 Å². The maximum atomic E-state index is 12.1. The van der Waals surface area contributed by atoms with E-state index in [9.17, 15) is 4.79 Å². The molecule has 0 atom stereocenters. The summed E-state index contributed by atoms with van der Waals surface area (Å²) in [5.41, 5.74) is 1.35. The average Bonchev–Trinajstić information content (AvgIpc) is 3.34. The van der Waals surface area contributed by atoms with Gasteiger partial charge < -0.3 is 19.2 Å². The van der Waals surface area contributed by atoms with Gasteiger partial charge in [-0.1, -0.05) is 12.1 Å². The molecule has 1 amide bonds. The molecule has 146 valence electrons. The van der Waals surface area contributed by atoms with Crippen LogP contribution in [0.15, 0.2) is 28.9 Å². The van der Waals surface area contributed by atoms with Crippen molar-refractivity contribution in [3.05, 3.63) is 41.6 Å². The van der Waals surface area contributed by atoms with Gasteiger partial charge in [-0.3, -0.25) is 9.69 Å². The van der Waals surface area contributed by atoms with Crippen molar-refractivity contribution in [2.24, 2.45) is 0 Å². The molecule has 0 radical (unpaired) electrons. The van der Waals surface area contributed by atoms with E-state index in [0.29, 0.717) is 36.5 Å². The number of oxazole rings is 1. The van der Waals surface area contributed by atoms with Crippen molar-refractivity contribution in [2.45, 2.75) is 51.9 Å². The first-order chi connectivity index (χ1) is 13.0. The minimum atomic E-state index is -0.168. The van der Waals surface area contributed by atoms with Gasteiger partial charge in [0.25, 0.3) is 5.91 Å². The normalized spacial score (nSPS) is 13.9. The zero-order valence-electron chi connectivity index (χ0n) is 16.3. The summed E-state index contributed by atoms with van der Waals surface area (Å²) in [4.78, 5) is 18.7. The van der Waals surface area contributed by atoms with Gasteiger partial charge in [0.15, 0.2) is 17.2 Å². The highest BCUT2D eigenvalue weighted by atomic mass is 16.5. The van der Waals surface area contributed by atoms with Crippen molar-refractivity contribution in [1.29, 1.82) is 0 Å². The second kappa shape index (κ2) is 8.43. The predicted molar refractivity (Wildman–Crippen MR) is 101 cm³/mol.